The molecule has 1 aromatic carbocycles. The molecule has 0 bridgehead atoms. The number of nitrogens with one attached hydrogen (secondary N) is 2. The highest BCUT2D eigenvalue weighted by Gasteiger charge is 2.12. The van der Waals surface area contributed by atoms with Gasteiger partial charge < -0.3 is 19.9 Å². The number of benzene rings is 1. The first-order chi connectivity index (χ1) is 12.1. The van der Waals surface area contributed by atoms with Crippen LogP contribution in [0, 0.1) is 0 Å². The molecule has 4 nitrogen and oxygen atoms in total. The summed E-state index contributed by atoms with van der Waals surface area (Å²) in [6.07, 6.45) is 1.11. The molecule has 1 heterocycles. The predicted octanol–water partition coefficient (Wildman–Crippen LogP) is 2.88. The minimum absolute atomic E-state index is 0.674. The molecule has 0 saturated carbocycles. The van der Waals surface area contributed by atoms with Gasteiger partial charge in [0.1, 0.15) is 5.75 Å². The topological polar surface area (TPSA) is 28.9 Å². The number of quaternary nitrogens is 1. The van der Waals surface area contributed by atoms with Crippen LogP contribution < -0.4 is 15.0 Å². The molecule has 0 fully saturated rings. The third-order valence-electron chi connectivity index (χ3n) is 3.74. The third kappa shape index (κ3) is 7.02. The average molecular weight is 379 g/mol. The van der Waals surface area contributed by atoms with E-state index in [-0.39, 0.29) is 0 Å². The Kier molecular flexibility index (Phi) is 8.18. The highest BCUT2D eigenvalue weighted by Crippen LogP contribution is 2.17. The lowest BCUT2D eigenvalue weighted by Crippen LogP contribution is -3.05. The fraction of sp³-hybridized carbons (Fsp3) is 0.421. The Morgan fingerprint density at radius 2 is 2.00 bits per heavy atom. The number of thiophene rings is 1. The lowest BCUT2D eigenvalue weighted by Gasteiger charge is -2.25. The first-order valence-corrected chi connectivity index (χ1v) is 9.97. The Balaban J connectivity index is 1.97. The van der Waals surface area contributed by atoms with Crippen LogP contribution in [-0.4, -0.2) is 43.8 Å². The smallest absolute Gasteiger partial charge is 0.173 e. The zero-order chi connectivity index (χ0) is 18.1. The number of rotatable bonds is 9. The van der Waals surface area contributed by atoms with Gasteiger partial charge in [0.2, 0.25) is 0 Å². The van der Waals surface area contributed by atoms with Gasteiger partial charge in [-0.05, 0) is 54.9 Å². The van der Waals surface area contributed by atoms with E-state index >= 15 is 0 Å². The number of anilines is 1. The van der Waals surface area contributed by atoms with Crippen LogP contribution >= 0.6 is 23.6 Å². The van der Waals surface area contributed by atoms with E-state index in [0.29, 0.717) is 6.61 Å². The van der Waals surface area contributed by atoms with Crippen molar-refractivity contribution in [1.82, 2.24) is 4.90 Å². The lowest BCUT2D eigenvalue weighted by molar-refractivity contribution is -0.858. The van der Waals surface area contributed by atoms with Gasteiger partial charge in [-0.1, -0.05) is 6.07 Å². The molecule has 0 saturated heterocycles. The fourth-order valence-electron chi connectivity index (χ4n) is 2.47. The standard InChI is InChI=1S/C19H27N3OS2/c1-4-23-17-10-8-16(9-11-17)20-19(24)22(13-6-12-21(2)3)15-18-7-5-14-25-18/h5,7-11,14H,4,6,12-13,15H2,1-3H3,(H,20,24)/p+1. The third-order valence-corrected chi connectivity index (χ3v) is 4.96. The Hall–Kier alpha value is -1.63. The molecule has 0 aliphatic carbocycles. The van der Waals surface area contributed by atoms with Crippen LogP contribution in [0.15, 0.2) is 41.8 Å². The molecule has 0 spiro atoms. The highest BCUT2D eigenvalue weighted by molar-refractivity contribution is 7.80. The molecule has 0 radical (unpaired) electrons. The van der Waals surface area contributed by atoms with Gasteiger partial charge in [-0.2, -0.15) is 0 Å². The Bertz CT molecular complexity index is 627. The van der Waals surface area contributed by atoms with E-state index in [2.05, 4.69) is 41.8 Å². The summed E-state index contributed by atoms with van der Waals surface area (Å²) < 4.78 is 5.49. The quantitative estimate of drug-likeness (QED) is 0.657. The summed E-state index contributed by atoms with van der Waals surface area (Å²) in [5, 5.41) is 6.24. The van der Waals surface area contributed by atoms with Crippen molar-refractivity contribution in [3.63, 3.8) is 0 Å². The van der Waals surface area contributed by atoms with Gasteiger partial charge in [0, 0.05) is 23.5 Å². The Labute approximate surface area is 160 Å². The monoisotopic (exact) mass is 378 g/mol. The first kappa shape index (κ1) is 19.7. The van der Waals surface area contributed by atoms with Gasteiger partial charge in [0.25, 0.3) is 0 Å². The van der Waals surface area contributed by atoms with Gasteiger partial charge in [-0.15, -0.1) is 11.3 Å². The molecule has 2 aromatic rings. The molecule has 0 aliphatic heterocycles. The van der Waals surface area contributed by atoms with Gasteiger partial charge in [-0.25, -0.2) is 0 Å². The Morgan fingerprint density at radius 3 is 2.60 bits per heavy atom. The van der Waals surface area contributed by atoms with E-state index in [1.807, 2.05) is 31.2 Å². The first-order valence-electron chi connectivity index (χ1n) is 8.68. The zero-order valence-corrected chi connectivity index (χ0v) is 16.9. The number of hydrogen-bond donors (Lipinski definition) is 2. The van der Waals surface area contributed by atoms with Crippen LogP contribution in [0.2, 0.25) is 0 Å². The molecular weight excluding hydrogens is 350 g/mol. The second kappa shape index (κ2) is 10.4. The summed E-state index contributed by atoms with van der Waals surface area (Å²) in [5.41, 5.74) is 0.989. The van der Waals surface area contributed by atoms with Crippen LogP contribution in [-0.2, 0) is 6.54 Å². The summed E-state index contributed by atoms with van der Waals surface area (Å²) in [4.78, 5) is 5.04. The molecule has 136 valence electrons. The number of thiocarbonyl (C=S) groups is 1. The molecule has 0 unspecified atom stereocenters. The molecule has 2 N–H and O–H groups in total. The van der Waals surface area contributed by atoms with Gasteiger partial charge >= 0.3 is 0 Å². The van der Waals surface area contributed by atoms with Crippen molar-refractivity contribution in [3.05, 3.63) is 46.7 Å². The Morgan fingerprint density at radius 1 is 1.24 bits per heavy atom. The molecule has 0 atom stereocenters. The minimum Gasteiger partial charge on any atom is -0.494 e. The van der Waals surface area contributed by atoms with Crippen LogP contribution in [0.4, 0.5) is 5.69 Å². The van der Waals surface area contributed by atoms with E-state index in [4.69, 9.17) is 17.0 Å². The van der Waals surface area contributed by atoms with Crippen LogP contribution in [0.5, 0.6) is 5.75 Å². The summed E-state index contributed by atoms with van der Waals surface area (Å²) in [6, 6.07) is 12.2. The van der Waals surface area contributed by atoms with Crippen molar-refractivity contribution >= 4 is 34.4 Å². The van der Waals surface area contributed by atoms with Crippen molar-refractivity contribution in [2.75, 3.05) is 39.1 Å². The van der Waals surface area contributed by atoms with Crippen molar-refractivity contribution in [1.29, 1.82) is 0 Å². The number of hydrogen-bond acceptors (Lipinski definition) is 3. The minimum atomic E-state index is 0.674. The normalized spacial score (nSPS) is 10.7. The lowest BCUT2D eigenvalue weighted by atomic mass is 10.3. The number of nitrogens with zero attached hydrogens (tertiary/aromatic N) is 1. The molecule has 2 rings (SSSR count). The van der Waals surface area contributed by atoms with Gasteiger partial charge in [0.15, 0.2) is 5.11 Å². The SMILES string of the molecule is CCOc1ccc(NC(=S)N(CCC[NH+](C)C)Cc2cccs2)cc1. The molecule has 1 aromatic heterocycles. The van der Waals surface area contributed by atoms with Gasteiger partial charge in [0.05, 0.1) is 33.8 Å². The maximum Gasteiger partial charge on any atom is 0.173 e. The average Bonchev–Trinajstić information content (AvgIpc) is 3.09. The molecule has 6 heteroatoms. The fourth-order valence-corrected chi connectivity index (χ4v) is 3.46. The van der Waals surface area contributed by atoms with Crippen LogP contribution in [0.25, 0.3) is 0 Å². The predicted molar refractivity (Wildman–Crippen MR) is 111 cm³/mol. The van der Waals surface area contributed by atoms with Crippen LogP contribution in [0.1, 0.15) is 18.2 Å². The zero-order valence-electron chi connectivity index (χ0n) is 15.2. The molecule has 0 amide bonds. The summed E-state index contributed by atoms with van der Waals surface area (Å²) in [7, 11) is 4.36. The largest absolute Gasteiger partial charge is 0.494 e. The van der Waals surface area contributed by atoms with Crippen molar-refractivity contribution < 1.29 is 9.64 Å². The molecular formula is C19H28N3OS2+. The van der Waals surface area contributed by atoms with E-state index in [0.717, 1.165) is 42.6 Å². The van der Waals surface area contributed by atoms with Crippen molar-refractivity contribution in [3.8, 4) is 5.75 Å². The van der Waals surface area contributed by atoms with E-state index < -0.39 is 0 Å². The van der Waals surface area contributed by atoms with Crippen molar-refractivity contribution in [2.24, 2.45) is 0 Å². The van der Waals surface area contributed by atoms with Crippen molar-refractivity contribution in [2.45, 2.75) is 19.9 Å². The summed E-state index contributed by atoms with van der Waals surface area (Å²) in [6.45, 7) is 5.59. The maximum absolute atomic E-state index is 5.68. The molecule has 25 heavy (non-hydrogen) atoms. The molecule has 0 aliphatic rings. The second-order valence-electron chi connectivity index (χ2n) is 6.20. The van der Waals surface area contributed by atoms with E-state index in [9.17, 15) is 0 Å². The second-order valence-corrected chi connectivity index (χ2v) is 7.62. The maximum atomic E-state index is 5.68. The number of ether oxygens (including phenoxy) is 1. The van der Waals surface area contributed by atoms with Gasteiger partial charge in [-0.3, -0.25) is 0 Å². The van der Waals surface area contributed by atoms with E-state index in [1.165, 1.54) is 9.78 Å². The van der Waals surface area contributed by atoms with Crippen LogP contribution in [0.3, 0.4) is 0 Å². The summed E-state index contributed by atoms with van der Waals surface area (Å²) in [5.74, 6) is 0.878. The highest BCUT2D eigenvalue weighted by atomic mass is 32.1. The van der Waals surface area contributed by atoms with E-state index in [1.54, 1.807) is 11.3 Å². The summed E-state index contributed by atoms with van der Waals surface area (Å²) >= 11 is 7.45.